The molecule has 0 saturated carbocycles. The van der Waals surface area contributed by atoms with Crippen LogP contribution in [0.2, 0.25) is 0 Å². The van der Waals surface area contributed by atoms with E-state index in [1.54, 1.807) is 4.90 Å². The van der Waals surface area contributed by atoms with Gasteiger partial charge >= 0.3 is 0 Å². The summed E-state index contributed by atoms with van der Waals surface area (Å²) in [7, 11) is 3.77. The molecule has 7 heteroatoms. The zero-order valence-corrected chi connectivity index (χ0v) is 18.0. The van der Waals surface area contributed by atoms with Crippen molar-refractivity contribution in [3.05, 3.63) is 40.0 Å². The van der Waals surface area contributed by atoms with Gasteiger partial charge in [-0.3, -0.25) is 9.48 Å². The maximum Gasteiger partial charge on any atom is 0.254 e. The number of nitrogens with zero attached hydrogens (tertiary/aromatic N) is 6. The molecule has 0 radical (unpaired) electrons. The quantitative estimate of drug-likeness (QED) is 0.655. The van der Waals surface area contributed by atoms with Gasteiger partial charge in [0.1, 0.15) is 0 Å². The van der Waals surface area contributed by atoms with Crippen LogP contribution in [0.5, 0.6) is 0 Å². The number of amides is 1. The molecule has 0 aliphatic rings. The summed E-state index contributed by atoms with van der Waals surface area (Å²) in [6, 6.07) is 1.88. The molecule has 1 amide bonds. The maximum atomic E-state index is 13.4. The summed E-state index contributed by atoms with van der Waals surface area (Å²) in [5.41, 5.74) is 6.28. The Morgan fingerprint density at radius 2 is 1.86 bits per heavy atom. The average molecular weight is 383 g/mol. The second kappa shape index (κ2) is 7.73. The summed E-state index contributed by atoms with van der Waals surface area (Å²) in [5.74, 6) is -0.0173. The molecular weight excluding hydrogens is 352 g/mol. The first-order valence-corrected chi connectivity index (χ1v) is 9.83. The van der Waals surface area contributed by atoms with Gasteiger partial charge in [-0.25, -0.2) is 9.67 Å². The molecule has 150 valence electrons. The number of aryl methyl sites for hydroxylation is 5. The molecule has 0 saturated heterocycles. The van der Waals surface area contributed by atoms with Crippen molar-refractivity contribution < 1.29 is 4.79 Å². The Hall–Kier alpha value is -2.70. The molecule has 7 nitrogen and oxygen atoms in total. The van der Waals surface area contributed by atoms with E-state index in [1.165, 1.54) is 0 Å². The van der Waals surface area contributed by atoms with E-state index < -0.39 is 0 Å². The second-order valence-electron chi connectivity index (χ2n) is 7.61. The first kappa shape index (κ1) is 20.0. The van der Waals surface area contributed by atoms with Crippen molar-refractivity contribution in [3.8, 4) is 0 Å². The van der Waals surface area contributed by atoms with E-state index in [0.29, 0.717) is 12.1 Å². The summed E-state index contributed by atoms with van der Waals surface area (Å²) in [6.07, 6.45) is 2.12. The fourth-order valence-electron chi connectivity index (χ4n) is 3.67. The predicted molar refractivity (Wildman–Crippen MR) is 110 cm³/mol. The summed E-state index contributed by atoms with van der Waals surface area (Å²) < 4.78 is 3.80. The van der Waals surface area contributed by atoms with E-state index in [-0.39, 0.29) is 5.91 Å². The molecule has 3 heterocycles. The number of unbranched alkanes of at least 4 members (excludes halogenated alkanes) is 1. The lowest BCUT2D eigenvalue weighted by atomic mass is 10.1. The standard InChI is InChI=1S/C21H30N6O/c1-8-9-10-27-20-19(15(4)24-27)17(11-13(2)22-20)21(28)25(6)12-18-14(3)23-26(7)16(18)5/h11H,8-10,12H2,1-7H3. The van der Waals surface area contributed by atoms with E-state index >= 15 is 0 Å². The molecule has 3 aromatic rings. The molecule has 0 atom stereocenters. The molecule has 0 aromatic carbocycles. The molecule has 0 N–H and O–H groups in total. The number of hydrogen-bond donors (Lipinski definition) is 0. The van der Waals surface area contributed by atoms with Crippen molar-refractivity contribution in [2.75, 3.05) is 7.05 Å². The third-order valence-corrected chi connectivity index (χ3v) is 5.36. The van der Waals surface area contributed by atoms with Gasteiger partial charge < -0.3 is 4.90 Å². The number of hydrogen-bond acceptors (Lipinski definition) is 4. The van der Waals surface area contributed by atoms with Crippen LogP contribution < -0.4 is 0 Å². The van der Waals surface area contributed by atoms with E-state index in [9.17, 15) is 4.79 Å². The van der Waals surface area contributed by atoms with Crippen LogP contribution in [0, 0.1) is 27.7 Å². The van der Waals surface area contributed by atoms with Crippen molar-refractivity contribution in [1.82, 2.24) is 29.4 Å². The summed E-state index contributed by atoms with van der Waals surface area (Å²) in [4.78, 5) is 19.8. The molecule has 0 spiro atoms. The lowest BCUT2D eigenvalue weighted by Gasteiger charge is -2.18. The van der Waals surface area contributed by atoms with Crippen LogP contribution >= 0.6 is 0 Å². The Kier molecular flexibility index (Phi) is 5.54. The summed E-state index contributed by atoms with van der Waals surface area (Å²) in [5, 5.41) is 9.98. The van der Waals surface area contributed by atoms with Crippen LogP contribution in [0.15, 0.2) is 6.07 Å². The van der Waals surface area contributed by atoms with Crippen molar-refractivity contribution in [2.45, 2.75) is 60.5 Å². The molecule has 0 fully saturated rings. The molecule has 0 aliphatic heterocycles. The molecule has 0 aliphatic carbocycles. The van der Waals surface area contributed by atoms with Crippen LogP contribution in [0.25, 0.3) is 11.0 Å². The van der Waals surface area contributed by atoms with E-state index in [4.69, 9.17) is 0 Å². The van der Waals surface area contributed by atoms with E-state index in [1.807, 2.05) is 57.2 Å². The highest BCUT2D eigenvalue weighted by Crippen LogP contribution is 2.25. The van der Waals surface area contributed by atoms with Gasteiger partial charge in [-0.05, 0) is 40.2 Å². The summed E-state index contributed by atoms with van der Waals surface area (Å²) in [6.45, 7) is 11.4. The van der Waals surface area contributed by atoms with Gasteiger partial charge in [0.05, 0.1) is 22.3 Å². The van der Waals surface area contributed by atoms with Crippen molar-refractivity contribution in [3.63, 3.8) is 0 Å². The number of rotatable bonds is 6. The highest BCUT2D eigenvalue weighted by molar-refractivity contribution is 6.06. The van der Waals surface area contributed by atoms with Crippen LogP contribution in [-0.4, -0.2) is 42.4 Å². The van der Waals surface area contributed by atoms with Crippen LogP contribution in [0.3, 0.4) is 0 Å². The second-order valence-corrected chi connectivity index (χ2v) is 7.61. The Morgan fingerprint density at radius 1 is 1.14 bits per heavy atom. The number of pyridine rings is 1. The number of fused-ring (bicyclic) bond motifs is 1. The fraction of sp³-hybridized carbons (Fsp3) is 0.524. The minimum absolute atomic E-state index is 0.0173. The number of aromatic nitrogens is 5. The zero-order valence-electron chi connectivity index (χ0n) is 18.0. The normalized spacial score (nSPS) is 11.4. The minimum Gasteiger partial charge on any atom is -0.337 e. The SMILES string of the molecule is CCCCn1nc(C)c2c(C(=O)N(C)Cc3c(C)nn(C)c3C)cc(C)nc21. The highest BCUT2D eigenvalue weighted by Gasteiger charge is 2.22. The first-order valence-electron chi connectivity index (χ1n) is 9.83. The van der Waals surface area contributed by atoms with Crippen molar-refractivity contribution in [1.29, 1.82) is 0 Å². The van der Waals surface area contributed by atoms with E-state index in [2.05, 4.69) is 22.1 Å². The fourth-order valence-corrected chi connectivity index (χ4v) is 3.67. The number of carbonyl (C=O) groups excluding carboxylic acids is 1. The van der Waals surface area contributed by atoms with Gasteiger partial charge in [0, 0.05) is 44.1 Å². The third kappa shape index (κ3) is 3.53. The zero-order chi connectivity index (χ0) is 20.6. The predicted octanol–water partition coefficient (Wildman–Crippen LogP) is 3.47. The lowest BCUT2D eigenvalue weighted by Crippen LogP contribution is -2.27. The Balaban J connectivity index is 2.00. The number of carbonyl (C=O) groups is 1. The monoisotopic (exact) mass is 382 g/mol. The van der Waals surface area contributed by atoms with Gasteiger partial charge in [-0.1, -0.05) is 13.3 Å². The largest absolute Gasteiger partial charge is 0.337 e. The van der Waals surface area contributed by atoms with Crippen LogP contribution in [-0.2, 0) is 20.1 Å². The maximum absolute atomic E-state index is 13.4. The Morgan fingerprint density at radius 3 is 2.46 bits per heavy atom. The van der Waals surface area contributed by atoms with Crippen molar-refractivity contribution >= 4 is 16.9 Å². The molecular formula is C21H30N6O. The Labute approximate surface area is 166 Å². The Bertz CT molecular complexity index is 1030. The van der Waals surface area contributed by atoms with Gasteiger partial charge in [0.15, 0.2) is 5.65 Å². The first-order chi connectivity index (χ1) is 13.2. The van der Waals surface area contributed by atoms with Gasteiger partial charge in [-0.2, -0.15) is 10.2 Å². The topological polar surface area (TPSA) is 68.8 Å². The molecule has 0 unspecified atom stereocenters. The molecule has 0 bridgehead atoms. The van der Waals surface area contributed by atoms with Crippen molar-refractivity contribution in [2.24, 2.45) is 7.05 Å². The highest BCUT2D eigenvalue weighted by atomic mass is 16.2. The van der Waals surface area contributed by atoms with Crippen LogP contribution in [0.1, 0.15) is 58.5 Å². The lowest BCUT2D eigenvalue weighted by molar-refractivity contribution is 0.0786. The van der Waals surface area contributed by atoms with Gasteiger partial charge in [-0.15, -0.1) is 0 Å². The third-order valence-electron chi connectivity index (χ3n) is 5.36. The molecule has 28 heavy (non-hydrogen) atoms. The smallest absolute Gasteiger partial charge is 0.254 e. The van der Waals surface area contributed by atoms with E-state index in [0.717, 1.165) is 58.8 Å². The average Bonchev–Trinajstić information content (AvgIpc) is 3.09. The minimum atomic E-state index is -0.0173. The van der Waals surface area contributed by atoms with Crippen LogP contribution in [0.4, 0.5) is 0 Å². The molecule has 3 aromatic heterocycles. The van der Waals surface area contributed by atoms with Gasteiger partial charge in [0.2, 0.25) is 0 Å². The summed E-state index contributed by atoms with van der Waals surface area (Å²) >= 11 is 0. The van der Waals surface area contributed by atoms with Gasteiger partial charge in [0.25, 0.3) is 5.91 Å². The molecule has 3 rings (SSSR count).